The summed E-state index contributed by atoms with van der Waals surface area (Å²) in [5, 5.41) is -0.204. The van der Waals surface area contributed by atoms with Crippen molar-refractivity contribution in [2.45, 2.75) is 44.0 Å². The lowest BCUT2D eigenvalue weighted by Gasteiger charge is -2.11. The molecule has 1 atom stereocenters. The second-order valence-electron chi connectivity index (χ2n) is 2.92. The van der Waals surface area contributed by atoms with Crippen LogP contribution < -0.4 is 0 Å². The van der Waals surface area contributed by atoms with Gasteiger partial charge in [-0.05, 0) is 6.42 Å². The normalized spacial score (nSPS) is 13.6. The van der Waals surface area contributed by atoms with Gasteiger partial charge in [-0.1, -0.05) is 26.2 Å². The SMILES string of the molecule is CCCCCC(S)C(N=C=O)N=C=O. The van der Waals surface area contributed by atoms with E-state index in [-0.39, 0.29) is 5.25 Å². The molecular weight excluding hydrogens is 200 g/mol. The number of isocyanates is 2. The molecular formula is C9H14N2O2S. The molecule has 0 aliphatic carbocycles. The van der Waals surface area contributed by atoms with Crippen LogP contribution in [0.4, 0.5) is 0 Å². The number of rotatable bonds is 7. The summed E-state index contributed by atoms with van der Waals surface area (Å²) in [7, 11) is 0. The number of unbranched alkanes of at least 4 members (excludes halogenated alkanes) is 2. The number of hydrogen-bond acceptors (Lipinski definition) is 5. The van der Waals surface area contributed by atoms with Crippen LogP contribution in [0, 0.1) is 0 Å². The molecule has 0 heterocycles. The van der Waals surface area contributed by atoms with Gasteiger partial charge in [0.15, 0.2) is 6.17 Å². The molecule has 0 radical (unpaired) electrons. The lowest BCUT2D eigenvalue weighted by molar-refractivity contribution is 0.534. The highest BCUT2D eigenvalue weighted by Gasteiger charge is 2.15. The highest BCUT2D eigenvalue weighted by atomic mass is 32.1. The van der Waals surface area contributed by atoms with Gasteiger partial charge in [-0.15, -0.1) is 0 Å². The van der Waals surface area contributed by atoms with E-state index in [9.17, 15) is 9.59 Å². The van der Waals surface area contributed by atoms with Crippen LogP contribution in [0.1, 0.15) is 32.6 Å². The lowest BCUT2D eigenvalue weighted by Crippen LogP contribution is -2.16. The molecule has 14 heavy (non-hydrogen) atoms. The highest BCUT2D eigenvalue weighted by molar-refractivity contribution is 7.81. The van der Waals surface area contributed by atoms with E-state index in [4.69, 9.17) is 0 Å². The minimum atomic E-state index is -0.731. The molecule has 78 valence electrons. The first-order valence-corrected chi connectivity index (χ1v) is 5.10. The van der Waals surface area contributed by atoms with Gasteiger partial charge in [0.05, 0.1) is 0 Å². The van der Waals surface area contributed by atoms with Crippen molar-refractivity contribution in [1.82, 2.24) is 0 Å². The zero-order chi connectivity index (χ0) is 10.8. The van der Waals surface area contributed by atoms with Crippen LogP contribution >= 0.6 is 12.6 Å². The van der Waals surface area contributed by atoms with E-state index in [1.807, 2.05) is 0 Å². The van der Waals surface area contributed by atoms with Gasteiger partial charge in [0.1, 0.15) is 0 Å². The Bertz CT molecular complexity index is 227. The summed E-state index contributed by atoms with van der Waals surface area (Å²) in [6, 6.07) is 0. The fraction of sp³-hybridized carbons (Fsp3) is 0.778. The van der Waals surface area contributed by atoms with Crippen LogP contribution in [-0.2, 0) is 9.59 Å². The summed E-state index contributed by atoms with van der Waals surface area (Å²) >= 11 is 4.22. The van der Waals surface area contributed by atoms with E-state index in [1.54, 1.807) is 0 Å². The molecule has 0 aromatic rings. The first-order valence-electron chi connectivity index (χ1n) is 4.58. The summed E-state index contributed by atoms with van der Waals surface area (Å²) in [5.41, 5.74) is 0. The predicted molar refractivity (Wildman–Crippen MR) is 56.9 cm³/mol. The van der Waals surface area contributed by atoms with E-state index in [0.717, 1.165) is 25.7 Å². The molecule has 1 unspecified atom stereocenters. The summed E-state index contributed by atoms with van der Waals surface area (Å²) in [6.07, 6.45) is 6.00. The fourth-order valence-corrected chi connectivity index (χ4v) is 1.38. The molecule has 0 amide bonds. The van der Waals surface area contributed by atoms with Crippen LogP contribution in [0.3, 0.4) is 0 Å². The van der Waals surface area contributed by atoms with E-state index < -0.39 is 6.17 Å². The number of nitrogens with zero attached hydrogens (tertiary/aromatic N) is 2. The van der Waals surface area contributed by atoms with Crippen molar-refractivity contribution in [3.8, 4) is 0 Å². The Labute approximate surface area is 88.9 Å². The Morgan fingerprint density at radius 3 is 2.21 bits per heavy atom. The van der Waals surface area contributed by atoms with Gasteiger partial charge in [-0.3, -0.25) is 0 Å². The first-order chi connectivity index (χ1) is 6.76. The second-order valence-corrected chi connectivity index (χ2v) is 3.58. The summed E-state index contributed by atoms with van der Waals surface area (Å²) in [5.74, 6) is 0. The lowest BCUT2D eigenvalue weighted by atomic mass is 10.1. The quantitative estimate of drug-likeness (QED) is 0.304. The Balaban J connectivity index is 4.07. The molecule has 0 bridgehead atoms. The van der Waals surface area contributed by atoms with Crippen LogP contribution in [0.2, 0.25) is 0 Å². The van der Waals surface area contributed by atoms with Gasteiger partial charge in [-0.2, -0.15) is 22.6 Å². The van der Waals surface area contributed by atoms with Crippen LogP contribution in [0.25, 0.3) is 0 Å². The first kappa shape index (κ1) is 13.1. The minimum absolute atomic E-state index is 0.204. The Morgan fingerprint density at radius 1 is 1.21 bits per heavy atom. The number of hydrogen-bond donors (Lipinski definition) is 1. The average Bonchev–Trinajstić information content (AvgIpc) is 2.18. The monoisotopic (exact) mass is 214 g/mol. The molecule has 0 fully saturated rings. The Kier molecular flexibility index (Phi) is 8.14. The maximum Gasteiger partial charge on any atom is 0.237 e. The molecule has 0 aliphatic heterocycles. The molecule has 0 rings (SSSR count). The van der Waals surface area contributed by atoms with Crippen LogP contribution in [-0.4, -0.2) is 23.6 Å². The zero-order valence-electron chi connectivity index (χ0n) is 8.14. The van der Waals surface area contributed by atoms with E-state index >= 15 is 0 Å². The summed E-state index contributed by atoms with van der Waals surface area (Å²) < 4.78 is 0. The summed E-state index contributed by atoms with van der Waals surface area (Å²) in [6.45, 7) is 2.10. The standard InChI is InChI=1S/C9H14N2O2S/c1-2-3-4-5-8(14)9(10-6-12)11-7-13/h8-9,14H,2-5H2,1H3. The van der Waals surface area contributed by atoms with Gasteiger partial charge < -0.3 is 0 Å². The van der Waals surface area contributed by atoms with Crippen molar-refractivity contribution < 1.29 is 9.59 Å². The van der Waals surface area contributed by atoms with Crippen molar-refractivity contribution >= 4 is 24.8 Å². The van der Waals surface area contributed by atoms with Gasteiger partial charge in [0.25, 0.3) is 0 Å². The topological polar surface area (TPSA) is 58.9 Å². The van der Waals surface area contributed by atoms with E-state index in [1.165, 1.54) is 12.2 Å². The molecule has 0 aromatic carbocycles. The van der Waals surface area contributed by atoms with Gasteiger partial charge in [-0.25, -0.2) is 9.59 Å². The molecule has 5 heteroatoms. The number of thiol groups is 1. The molecule has 0 N–H and O–H groups in total. The van der Waals surface area contributed by atoms with Gasteiger partial charge in [0, 0.05) is 5.25 Å². The van der Waals surface area contributed by atoms with E-state index in [0.29, 0.717) is 0 Å². The second kappa shape index (κ2) is 8.70. The Morgan fingerprint density at radius 2 is 1.79 bits per heavy atom. The zero-order valence-corrected chi connectivity index (χ0v) is 9.04. The third-order valence-corrected chi connectivity index (χ3v) is 2.34. The largest absolute Gasteiger partial charge is 0.237 e. The highest BCUT2D eigenvalue weighted by Crippen LogP contribution is 2.15. The predicted octanol–water partition coefficient (Wildman–Crippen LogP) is 1.86. The maximum atomic E-state index is 10.0. The number of carbonyl (C=O) groups excluding carboxylic acids is 2. The molecule has 4 nitrogen and oxygen atoms in total. The Hall–Kier alpha value is -0.890. The van der Waals surface area contributed by atoms with Crippen molar-refractivity contribution in [3.05, 3.63) is 0 Å². The summed E-state index contributed by atoms with van der Waals surface area (Å²) in [4.78, 5) is 26.8. The van der Waals surface area contributed by atoms with Crippen molar-refractivity contribution in [2.24, 2.45) is 9.98 Å². The van der Waals surface area contributed by atoms with Gasteiger partial charge >= 0.3 is 0 Å². The van der Waals surface area contributed by atoms with Gasteiger partial charge in [0.2, 0.25) is 12.2 Å². The minimum Gasteiger partial charge on any atom is -0.211 e. The molecule has 0 saturated carbocycles. The van der Waals surface area contributed by atoms with Crippen LogP contribution in [0.15, 0.2) is 9.98 Å². The average molecular weight is 214 g/mol. The van der Waals surface area contributed by atoms with Crippen molar-refractivity contribution in [1.29, 1.82) is 0 Å². The van der Waals surface area contributed by atoms with Crippen LogP contribution in [0.5, 0.6) is 0 Å². The van der Waals surface area contributed by atoms with Crippen molar-refractivity contribution in [3.63, 3.8) is 0 Å². The number of aliphatic imine (C=N–C) groups is 2. The fourth-order valence-electron chi connectivity index (χ4n) is 1.06. The van der Waals surface area contributed by atoms with Crippen molar-refractivity contribution in [2.75, 3.05) is 0 Å². The molecule has 0 spiro atoms. The smallest absolute Gasteiger partial charge is 0.211 e. The maximum absolute atomic E-state index is 10.0. The molecule has 0 aromatic heterocycles. The molecule has 0 aliphatic rings. The van der Waals surface area contributed by atoms with E-state index in [2.05, 4.69) is 29.5 Å². The third kappa shape index (κ3) is 5.70. The third-order valence-electron chi connectivity index (χ3n) is 1.82. The molecule has 0 saturated heterocycles.